The maximum absolute atomic E-state index is 10.6. The van der Waals surface area contributed by atoms with Gasteiger partial charge >= 0.3 is 5.97 Å². The van der Waals surface area contributed by atoms with Crippen molar-refractivity contribution in [2.75, 3.05) is 7.11 Å². The number of ether oxygens (including phenoxy) is 1. The van der Waals surface area contributed by atoms with Crippen LogP contribution in [0.15, 0.2) is 0 Å². The van der Waals surface area contributed by atoms with Gasteiger partial charge in [0.05, 0.1) is 7.11 Å². The van der Waals surface area contributed by atoms with Gasteiger partial charge in [-0.1, -0.05) is 5.92 Å². The van der Waals surface area contributed by atoms with Gasteiger partial charge in [0.1, 0.15) is 5.92 Å². The third-order valence-corrected chi connectivity index (χ3v) is 0.916. The Balaban J connectivity index is 3.82. The van der Waals surface area contributed by atoms with Crippen LogP contribution in [0.1, 0.15) is 13.8 Å². The quantitative estimate of drug-likeness (QED) is 0.384. The van der Waals surface area contributed by atoms with E-state index in [1.807, 2.05) is 0 Å². The lowest BCUT2D eigenvalue weighted by molar-refractivity contribution is -0.142. The predicted molar refractivity (Wildman–Crippen MR) is 34.6 cm³/mol. The fourth-order valence-corrected chi connectivity index (χ4v) is 0.452. The number of carbonyl (C=O) groups is 1. The average Bonchev–Trinajstić information content (AvgIpc) is 1.87. The molecule has 0 N–H and O–H groups in total. The second kappa shape index (κ2) is 3.96. The van der Waals surface area contributed by atoms with E-state index in [1.165, 1.54) is 7.11 Å². The minimum atomic E-state index is -0.292. The highest BCUT2D eigenvalue weighted by Crippen LogP contribution is 1.93. The molecule has 0 rings (SSSR count). The molecule has 0 saturated heterocycles. The van der Waals surface area contributed by atoms with E-state index in [9.17, 15) is 4.79 Å². The van der Waals surface area contributed by atoms with Gasteiger partial charge in [0.25, 0.3) is 0 Å². The molecule has 2 nitrogen and oxygen atoms in total. The van der Waals surface area contributed by atoms with E-state index in [4.69, 9.17) is 0 Å². The molecule has 0 aliphatic rings. The molecule has 0 amide bonds. The minimum absolute atomic E-state index is 0.274. The zero-order valence-electron chi connectivity index (χ0n) is 5.89. The van der Waals surface area contributed by atoms with Crippen LogP contribution in [0.5, 0.6) is 0 Å². The average molecular weight is 126 g/mol. The molecule has 0 heterocycles. The van der Waals surface area contributed by atoms with Crippen molar-refractivity contribution in [1.82, 2.24) is 0 Å². The highest BCUT2D eigenvalue weighted by Gasteiger charge is 2.07. The van der Waals surface area contributed by atoms with Crippen molar-refractivity contribution in [2.45, 2.75) is 13.8 Å². The monoisotopic (exact) mass is 126 g/mol. The van der Waals surface area contributed by atoms with Gasteiger partial charge in [-0.05, 0) is 13.8 Å². The first-order valence-corrected chi connectivity index (χ1v) is 2.72. The highest BCUT2D eigenvalue weighted by molar-refractivity contribution is 5.75. The molecular weight excluding hydrogens is 116 g/mol. The first-order valence-electron chi connectivity index (χ1n) is 2.72. The standard InChI is InChI=1S/C7H10O2/c1-4-5-6(2)7(8)9-3/h6H,1-3H3. The Morgan fingerprint density at radius 2 is 2.22 bits per heavy atom. The SMILES string of the molecule is CC#CC(C)C(=O)OC. The van der Waals surface area contributed by atoms with Crippen molar-refractivity contribution >= 4 is 5.97 Å². The Morgan fingerprint density at radius 3 is 2.56 bits per heavy atom. The summed E-state index contributed by atoms with van der Waals surface area (Å²) in [5, 5.41) is 0. The molecule has 0 aromatic heterocycles. The van der Waals surface area contributed by atoms with Gasteiger partial charge in [0, 0.05) is 0 Å². The van der Waals surface area contributed by atoms with Crippen LogP contribution in [-0.4, -0.2) is 13.1 Å². The maximum atomic E-state index is 10.6. The summed E-state index contributed by atoms with van der Waals surface area (Å²) in [4.78, 5) is 10.6. The van der Waals surface area contributed by atoms with Gasteiger partial charge in [-0.2, -0.15) is 0 Å². The molecule has 1 unspecified atom stereocenters. The normalized spacial score (nSPS) is 11.0. The van der Waals surface area contributed by atoms with Gasteiger partial charge in [-0.25, -0.2) is 0 Å². The molecule has 0 aromatic carbocycles. The molecule has 0 radical (unpaired) electrons. The van der Waals surface area contributed by atoms with Crippen LogP contribution in [0.4, 0.5) is 0 Å². The highest BCUT2D eigenvalue weighted by atomic mass is 16.5. The second-order valence-corrected chi connectivity index (χ2v) is 1.64. The summed E-state index contributed by atoms with van der Waals surface area (Å²) in [7, 11) is 1.36. The van der Waals surface area contributed by atoms with Crippen LogP contribution < -0.4 is 0 Å². The second-order valence-electron chi connectivity index (χ2n) is 1.64. The van der Waals surface area contributed by atoms with E-state index in [-0.39, 0.29) is 11.9 Å². The molecule has 0 spiro atoms. The number of esters is 1. The summed E-state index contributed by atoms with van der Waals surface area (Å²) in [6, 6.07) is 0. The number of rotatable bonds is 1. The molecule has 0 aliphatic heterocycles. The number of carbonyl (C=O) groups excluding carboxylic acids is 1. The summed E-state index contributed by atoms with van der Waals surface area (Å²) < 4.78 is 4.42. The lowest BCUT2D eigenvalue weighted by atomic mass is 10.2. The molecule has 0 bridgehead atoms. The van der Waals surface area contributed by atoms with Crippen molar-refractivity contribution in [3.05, 3.63) is 0 Å². The first kappa shape index (κ1) is 8.03. The predicted octanol–water partition coefficient (Wildman–Crippen LogP) is 0.819. The van der Waals surface area contributed by atoms with Crippen molar-refractivity contribution in [2.24, 2.45) is 5.92 Å². The largest absolute Gasteiger partial charge is 0.468 e. The lowest BCUT2D eigenvalue weighted by Crippen LogP contribution is -2.09. The zero-order chi connectivity index (χ0) is 7.28. The summed E-state index contributed by atoms with van der Waals surface area (Å²) in [6.45, 7) is 3.40. The maximum Gasteiger partial charge on any atom is 0.320 e. The molecule has 0 aromatic rings. The molecule has 0 aliphatic carbocycles. The van der Waals surface area contributed by atoms with Crippen LogP contribution in [-0.2, 0) is 9.53 Å². The molecular formula is C7H10O2. The first-order chi connectivity index (χ1) is 4.22. The molecule has 50 valence electrons. The summed E-state index contributed by atoms with van der Waals surface area (Å²) in [5.41, 5.74) is 0. The van der Waals surface area contributed by atoms with E-state index in [0.29, 0.717) is 0 Å². The van der Waals surface area contributed by atoms with E-state index < -0.39 is 0 Å². The van der Waals surface area contributed by atoms with E-state index in [1.54, 1.807) is 13.8 Å². The third kappa shape index (κ3) is 2.76. The van der Waals surface area contributed by atoms with Crippen LogP contribution in [0, 0.1) is 17.8 Å². The summed E-state index contributed by atoms with van der Waals surface area (Å²) in [6.07, 6.45) is 0. The number of methoxy groups -OCH3 is 1. The molecule has 2 heteroatoms. The lowest BCUT2D eigenvalue weighted by Gasteiger charge is -1.98. The van der Waals surface area contributed by atoms with Crippen molar-refractivity contribution < 1.29 is 9.53 Å². The molecule has 1 atom stereocenters. The molecule has 9 heavy (non-hydrogen) atoms. The van der Waals surface area contributed by atoms with Crippen LogP contribution in [0.2, 0.25) is 0 Å². The Bertz CT molecular complexity index is 150. The fraction of sp³-hybridized carbons (Fsp3) is 0.571. The van der Waals surface area contributed by atoms with Crippen molar-refractivity contribution in [1.29, 1.82) is 0 Å². The summed E-state index contributed by atoms with van der Waals surface area (Å²) in [5.74, 6) is 4.74. The Hall–Kier alpha value is -0.970. The van der Waals surface area contributed by atoms with Gasteiger partial charge in [0.15, 0.2) is 0 Å². The Labute approximate surface area is 55.2 Å². The van der Waals surface area contributed by atoms with Crippen LogP contribution in [0.25, 0.3) is 0 Å². The van der Waals surface area contributed by atoms with Gasteiger partial charge in [-0.3, -0.25) is 4.79 Å². The minimum Gasteiger partial charge on any atom is -0.468 e. The fourth-order valence-electron chi connectivity index (χ4n) is 0.452. The van der Waals surface area contributed by atoms with Gasteiger partial charge < -0.3 is 4.74 Å². The van der Waals surface area contributed by atoms with Crippen LogP contribution in [0.3, 0.4) is 0 Å². The third-order valence-electron chi connectivity index (χ3n) is 0.916. The zero-order valence-corrected chi connectivity index (χ0v) is 5.89. The topological polar surface area (TPSA) is 26.3 Å². The number of hydrogen-bond donors (Lipinski definition) is 0. The van der Waals surface area contributed by atoms with Crippen molar-refractivity contribution in [3.63, 3.8) is 0 Å². The van der Waals surface area contributed by atoms with Crippen LogP contribution >= 0.6 is 0 Å². The van der Waals surface area contributed by atoms with E-state index in [0.717, 1.165) is 0 Å². The van der Waals surface area contributed by atoms with E-state index >= 15 is 0 Å². The molecule has 0 saturated carbocycles. The Kier molecular flexibility index (Phi) is 3.54. The van der Waals surface area contributed by atoms with Gasteiger partial charge in [-0.15, -0.1) is 5.92 Å². The smallest absolute Gasteiger partial charge is 0.320 e. The summed E-state index contributed by atoms with van der Waals surface area (Å²) >= 11 is 0. The Morgan fingerprint density at radius 1 is 1.67 bits per heavy atom. The van der Waals surface area contributed by atoms with E-state index in [2.05, 4.69) is 16.6 Å². The van der Waals surface area contributed by atoms with Gasteiger partial charge in [0.2, 0.25) is 0 Å². The van der Waals surface area contributed by atoms with Crippen molar-refractivity contribution in [3.8, 4) is 11.8 Å². The molecule has 0 fully saturated rings. The number of hydrogen-bond acceptors (Lipinski definition) is 2.